The fourth-order valence-electron chi connectivity index (χ4n) is 2.42. The van der Waals surface area contributed by atoms with Gasteiger partial charge in [0, 0.05) is 31.0 Å². The Hall–Kier alpha value is -2.80. The van der Waals surface area contributed by atoms with Gasteiger partial charge in [0.2, 0.25) is 5.88 Å². The van der Waals surface area contributed by atoms with Crippen molar-refractivity contribution in [1.82, 2.24) is 19.9 Å². The Morgan fingerprint density at radius 2 is 1.93 bits per heavy atom. The monoisotopic (exact) mass is 413 g/mol. The standard InChI is InChI=1S/C15H20N4OS.C5H5N.C2H4.H2/c1-10-18-14(17-9-13-8-16-11(2)21-13)7-15(19-10)20-6-5-12-3-4-12;1-2-4-6-5-3-1;1-2;/h7-8,12H,3-6,9H2,1-2H3,(H,17,18,19);1-5H;1-2H2;1H. The van der Waals surface area contributed by atoms with Crippen LogP contribution in [0.3, 0.4) is 0 Å². The molecule has 3 aromatic rings. The molecule has 0 bridgehead atoms. The molecule has 4 rings (SSSR count). The normalized spacial score (nSPS) is 12.1. The van der Waals surface area contributed by atoms with Crippen molar-refractivity contribution < 1.29 is 6.16 Å². The molecular formula is C22H31N5OS. The molecule has 29 heavy (non-hydrogen) atoms. The molecule has 0 saturated heterocycles. The minimum absolute atomic E-state index is 0. The van der Waals surface area contributed by atoms with E-state index in [1.54, 1.807) is 23.7 Å². The summed E-state index contributed by atoms with van der Waals surface area (Å²) < 4.78 is 5.73. The van der Waals surface area contributed by atoms with Crippen molar-refractivity contribution in [3.63, 3.8) is 0 Å². The number of thiazole rings is 1. The maximum Gasteiger partial charge on any atom is 0.218 e. The summed E-state index contributed by atoms with van der Waals surface area (Å²) in [6.07, 6.45) is 9.24. The van der Waals surface area contributed by atoms with Gasteiger partial charge >= 0.3 is 0 Å². The summed E-state index contributed by atoms with van der Waals surface area (Å²) in [4.78, 5) is 17.9. The third kappa shape index (κ3) is 9.30. The maximum atomic E-state index is 5.73. The van der Waals surface area contributed by atoms with Crippen LogP contribution in [-0.2, 0) is 6.54 Å². The Kier molecular flexibility index (Phi) is 9.78. The molecule has 0 atom stereocenters. The van der Waals surface area contributed by atoms with E-state index in [4.69, 9.17) is 4.74 Å². The zero-order valence-electron chi connectivity index (χ0n) is 17.2. The molecule has 0 spiro atoms. The zero-order valence-corrected chi connectivity index (χ0v) is 18.0. The van der Waals surface area contributed by atoms with Gasteiger partial charge in [-0.05, 0) is 38.3 Å². The molecule has 1 fully saturated rings. The van der Waals surface area contributed by atoms with Crippen LogP contribution < -0.4 is 10.1 Å². The van der Waals surface area contributed by atoms with Crippen molar-refractivity contribution in [2.75, 3.05) is 11.9 Å². The van der Waals surface area contributed by atoms with Crippen molar-refractivity contribution in [2.45, 2.75) is 39.7 Å². The quantitative estimate of drug-likeness (QED) is 0.518. The van der Waals surface area contributed by atoms with Crippen LogP contribution in [0, 0.1) is 19.8 Å². The first-order chi connectivity index (χ1) is 14.2. The molecular weight excluding hydrogens is 382 g/mol. The van der Waals surface area contributed by atoms with Crippen LogP contribution in [0.2, 0.25) is 0 Å². The predicted octanol–water partition coefficient (Wildman–Crippen LogP) is 5.47. The van der Waals surface area contributed by atoms with Crippen molar-refractivity contribution in [2.24, 2.45) is 5.92 Å². The Morgan fingerprint density at radius 1 is 1.17 bits per heavy atom. The number of hydrogen-bond acceptors (Lipinski definition) is 7. The second kappa shape index (κ2) is 12.6. The first-order valence-corrected chi connectivity index (χ1v) is 10.5. The summed E-state index contributed by atoms with van der Waals surface area (Å²) in [6.45, 7) is 11.4. The molecule has 0 aromatic carbocycles. The van der Waals surface area contributed by atoms with Gasteiger partial charge < -0.3 is 10.1 Å². The van der Waals surface area contributed by atoms with Crippen LogP contribution in [0.1, 0.15) is 36.4 Å². The van der Waals surface area contributed by atoms with E-state index in [0.717, 1.165) is 42.1 Å². The number of ether oxygens (including phenoxy) is 1. The average molecular weight is 414 g/mol. The molecule has 0 unspecified atom stereocenters. The second-order valence-electron chi connectivity index (χ2n) is 6.44. The highest BCUT2D eigenvalue weighted by Gasteiger charge is 2.20. The van der Waals surface area contributed by atoms with Gasteiger partial charge in [0.1, 0.15) is 11.6 Å². The number of aryl methyl sites for hydroxylation is 2. The first-order valence-electron chi connectivity index (χ1n) is 9.67. The smallest absolute Gasteiger partial charge is 0.218 e. The molecule has 0 aliphatic heterocycles. The van der Waals surface area contributed by atoms with Gasteiger partial charge in [0.25, 0.3) is 0 Å². The largest absolute Gasteiger partial charge is 0.478 e. The van der Waals surface area contributed by atoms with Gasteiger partial charge in [-0.1, -0.05) is 18.9 Å². The summed E-state index contributed by atoms with van der Waals surface area (Å²) in [7, 11) is 0. The fourth-order valence-corrected chi connectivity index (χ4v) is 3.15. The lowest BCUT2D eigenvalue weighted by Crippen LogP contribution is -2.05. The molecule has 0 amide bonds. The van der Waals surface area contributed by atoms with Crippen LogP contribution in [0.15, 0.2) is 56.0 Å². The molecule has 3 aromatic heterocycles. The number of aromatic nitrogens is 4. The van der Waals surface area contributed by atoms with Crippen molar-refractivity contribution in [1.29, 1.82) is 0 Å². The number of anilines is 1. The van der Waals surface area contributed by atoms with E-state index in [0.29, 0.717) is 5.88 Å². The van der Waals surface area contributed by atoms with E-state index in [1.807, 2.05) is 44.3 Å². The third-order valence-corrected chi connectivity index (χ3v) is 4.88. The molecule has 156 valence electrons. The van der Waals surface area contributed by atoms with Crippen LogP contribution in [-0.4, -0.2) is 26.5 Å². The van der Waals surface area contributed by atoms with E-state index < -0.39 is 0 Å². The zero-order chi connectivity index (χ0) is 20.9. The summed E-state index contributed by atoms with van der Waals surface area (Å²) in [5.74, 6) is 3.06. The predicted molar refractivity (Wildman–Crippen MR) is 121 cm³/mol. The first kappa shape index (κ1) is 22.5. The Bertz CT molecular complexity index is 816. The number of hydrogen-bond donors (Lipinski definition) is 1. The van der Waals surface area contributed by atoms with Crippen LogP contribution >= 0.6 is 11.3 Å². The lowest BCUT2D eigenvalue weighted by atomic mass is 10.3. The summed E-state index contributed by atoms with van der Waals surface area (Å²) in [5, 5.41) is 4.38. The van der Waals surface area contributed by atoms with E-state index in [2.05, 4.69) is 38.4 Å². The topological polar surface area (TPSA) is 72.8 Å². The van der Waals surface area contributed by atoms with Gasteiger partial charge in [-0.15, -0.1) is 24.5 Å². The number of nitrogens with one attached hydrogen (secondary N) is 1. The molecule has 1 aliphatic carbocycles. The average Bonchev–Trinajstić information content (AvgIpc) is 3.48. The van der Waals surface area contributed by atoms with Gasteiger partial charge in [-0.25, -0.2) is 9.97 Å². The molecule has 1 N–H and O–H groups in total. The maximum absolute atomic E-state index is 5.73. The van der Waals surface area contributed by atoms with E-state index in [9.17, 15) is 0 Å². The van der Waals surface area contributed by atoms with Gasteiger partial charge in [0.15, 0.2) is 0 Å². The minimum atomic E-state index is 0. The second-order valence-corrected chi connectivity index (χ2v) is 7.76. The van der Waals surface area contributed by atoms with Gasteiger partial charge in [0.05, 0.1) is 18.2 Å². The molecule has 0 radical (unpaired) electrons. The molecule has 1 saturated carbocycles. The molecule has 7 heteroatoms. The highest BCUT2D eigenvalue weighted by atomic mass is 32.1. The van der Waals surface area contributed by atoms with Gasteiger partial charge in [-0.3, -0.25) is 4.98 Å². The van der Waals surface area contributed by atoms with Crippen molar-refractivity contribution in [3.8, 4) is 5.88 Å². The lowest BCUT2D eigenvalue weighted by Gasteiger charge is -2.09. The van der Waals surface area contributed by atoms with Crippen LogP contribution in [0.25, 0.3) is 0 Å². The molecule has 6 nitrogen and oxygen atoms in total. The van der Waals surface area contributed by atoms with E-state index >= 15 is 0 Å². The SMILES string of the molecule is C=C.Cc1nc(NCc2cnc(C)s2)cc(OCCC2CC2)n1.[HH].c1ccncc1. The third-order valence-electron chi connectivity index (χ3n) is 3.97. The van der Waals surface area contributed by atoms with Crippen LogP contribution in [0.5, 0.6) is 5.88 Å². The van der Waals surface area contributed by atoms with Crippen molar-refractivity contribution in [3.05, 3.63) is 71.7 Å². The summed E-state index contributed by atoms with van der Waals surface area (Å²) >= 11 is 1.69. The Balaban J connectivity index is 0.000000426. The van der Waals surface area contributed by atoms with Crippen LogP contribution in [0.4, 0.5) is 5.82 Å². The number of rotatable bonds is 7. The fraction of sp³-hybridized carbons (Fsp3) is 0.364. The molecule has 3 heterocycles. The molecule has 1 aliphatic rings. The number of pyridine rings is 1. The van der Waals surface area contributed by atoms with E-state index in [-0.39, 0.29) is 1.43 Å². The van der Waals surface area contributed by atoms with Crippen molar-refractivity contribution >= 4 is 17.2 Å². The number of nitrogens with zero attached hydrogens (tertiary/aromatic N) is 4. The highest BCUT2D eigenvalue weighted by Crippen LogP contribution is 2.32. The minimum Gasteiger partial charge on any atom is -0.478 e. The summed E-state index contributed by atoms with van der Waals surface area (Å²) in [5.41, 5.74) is 0. The lowest BCUT2D eigenvalue weighted by molar-refractivity contribution is 0.290. The van der Waals surface area contributed by atoms with Gasteiger partial charge in [-0.2, -0.15) is 4.98 Å². The summed E-state index contributed by atoms with van der Waals surface area (Å²) in [6, 6.07) is 7.58. The Labute approximate surface area is 178 Å². The highest BCUT2D eigenvalue weighted by molar-refractivity contribution is 7.11. The van der Waals surface area contributed by atoms with E-state index in [1.165, 1.54) is 17.7 Å². The Morgan fingerprint density at radius 3 is 2.48 bits per heavy atom.